The SMILES string of the molecule is Cc1nc(-c2cc(C(=O)N3CCC[C@H](O)C3)c3ccccn23)cn1Cc1cccnc1. The largest absolute Gasteiger partial charge is 0.391 e. The van der Waals surface area contributed by atoms with Crippen molar-refractivity contribution in [2.75, 3.05) is 13.1 Å². The van der Waals surface area contributed by atoms with Crippen molar-refractivity contribution in [2.24, 2.45) is 0 Å². The molecule has 7 heteroatoms. The van der Waals surface area contributed by atoms with Crippen LogP contribution in [0.1, 0.15) is 34.6 Å². The Bertz CT molecular complexity index is 1230. The number of aliphatic hydroxyl groups is 1. The molecule has 1 fully saturated rings. The number of imidazole rings is 1. The number of likely N-dealkylation sites (tertiary alicyclic amines) is 1. The molecule has 4 aromatic rings. The number of β-amino-alcohol motifs (C(OH)–C–C–N with tert-alkyl or cyclic N) is 1. The molecule has 5 rings (SSSR count). The van der Waals surface area contributed by atoms with Gasteiger partial charge in [-0.25, -0.2) is 4.98 Å². The van der Waals surface area contributed by atoms with E-state index in [4.69, 9.17) is 4.98 Å². The maximum Gasteiger partial charge on any atom is 0.256 e. The van der Waals surface area contributed by atoms with E-state index in [9.17, 15) is 9.90 Å². The maximum atomic E-state index is 13.3. The van der Waals surface area contributed by atoms with Gasteiger partial charge in [0, 0.05) is 37.9 Å². The van der Waals surface area contributed by atoms with Crippen LogP contribution in [0.2, 0.25) is 0 Å². The molecule has 0 saturated carbocycles. The Labute approximate surface area is 180 Å². The summed E-state index contributed by atoms with van der Waals surface area (Å²) in [5.74, 6) is 0.858. The number of pyridine rings is 2. The van der Waals surface area contributed by atoms with E-state index < -0.39 is 6.10 Å². The third kappa shape index (κ3) is 3.72. The average Bonchev–Trinajstić information content (AvgIpc) is 3.35. The minimum absolute atomic E-state index is 0.0415. The number of aryl methyl sites for hydroxylation is 1. The Kier molecular flexibility index (Phi) is 5.03. The van der Waals surface area contributed by atoms with Crippen LogP contribution in [0.15, 0.2) is 61.2 Å². The Morgan fingerprint density at radius 1 is 1.26 bits per heavy atom. The highest BCUT2D eigenvalue weighted by molar-refractivity contribution is 6.02. The number of aliphatic hydroxyl groups excluding tert-OH is 1. The molecule has 0 aromatic carbocycles. The van der Waals surface area contributed by atoms with E-state index in [1.807, 2.05) is 66.3 Å². The molecule has 31 heavy (non-hydrogen) atoms. The monoisotopic (exact) mass is 415 g/mol. The van der Waals surface area contributed by atoms with Crippen LogP contribution in [0.25, 0.3) is 16.9 Å². The van der Waals surface area contributed by atoms with Gasteiger partial charge in [0.25, 0.3) is 5.91 Å². The fourth-order valence-corrected chi connectivity index (χ4v) is 4.31. The summed E-state index contributed by atoms with van der Waals surface area (Å²) in [4.78, 5) is 24.0. The number of carbonyl (C=O) groups is 1. The number of hydrogen-bond donors (Lipinski definition) is 1. The number of hydrogen-bond acceptors (Lipinski definition) is 4. The quantitative estimate of drug-likeness (QED) is 0.556. The average molecular weight is 415 g/mol. The lowest BCUT2D eigenvalue weighted by Gasteiger charge is -2.30. The van der Waals surface area contributed by atoms with Gasteiger partial charge in [0.15, 0.2) is 0 Å². The molecule has 1 atom stereocenters. The van der Waals surface area contributed by atoms with Gasteiger partial charge in [-0.05, 0) is 49.6 Å². The Morgan fingerprint density at radius 3 is 2.97 bits per heavy atom. The lowest BCUT2D eigenvalue weighted by molar-refractivity contribution is 0.0475. The molecule has 158 valence electrons. The summed E-state index contributed by atoms with van der Waals surface area (Å²) in [7, 11) is 0. The number of carbonyl (C=O) groups excluding carboxylic acids is 1. The van der Waals surface area contributed by atoms with Crippen molar-refractivity contribution >= 4 is 11.4 Å². The standard InChI is InChI=1S/C24H25N5O2/c1-17-26-21(16-28(17)14-18-6-4-9-25-13-18)23-12-20(22-8-2-3-11-29(22)23)24(31)27-10-5-7-19(30)15-27/h2-4,6,8-9,11-13,16,19,30H,5,7,10,14-15H2,1H3/t19-/m0/s1. The fraction of sp³-hybridized carbons (Fsp3) is 0.292. The Balaban J connectivity index is 1.53. The molecule has 1 N–H and O–H groups in total. The molecule has 1 amide bonds. The van der Waals surface area contributed by atoms with Gasteiger partial charge < -0.3 is 19.0 Å². The second-order valence-corrected chi connectivity index (χ2v) is 8.11. The van der Waals surface area contributed by atoms with E-state index in [2.05, 4.69) is 9.55 Å². The van der Waals surface area contributed by atoms with E-state index in [0.717, 1.165) is 41.1 Å². The number of fused-ring (bicyclic) bond motifs is 1. The predicted molar refractivity (Wildman–Crippen MR) is 118 cm³/mol. The number of nitrogens with zero attached hydrogens (tertiary/aromatic N) is 5. The topological polar surface area (TPSA) is 75.7 Å². The molecule has 7 nitrogen and oxygen atoms in total. The van der Waals surface area contributed by atoms with E-state index in [-0.39, 0.29) is 5.91 Å². The van der Waals surface area contributed by atoms with Crippen molar-refractivity contribution in [1.29, 1.82) is 0 Å². The minimum atomic E-state index is -0.447. The number of rotatable bonds is 4. The van der Waals surface area contributed by atoms with E-state index in [1.54, 1.807) is 11.1 Å². The summed E-state index contributed by atoms with van der Waals surface area (Å²) >= 11 is 0. The zero-order valence-electron chi connectivity index (χ0n) is 17.5. The second-order valence-electron chi connectivity index (χ2n) is 8.11. The summed E-state index contributed by atoms with van der Waals surface area (Å²) in [5, 5.41) is 10.0. The van der Waals surface area contributed by atoms with Crippen molar-refractivity contribution in [3.63, 3.8) is 0 Å². The first-order valence-electron chi connectivity index (χ1n) is 10.6. The van der Waals surface area contributed by atoms with Gasteiger partial charge in [-0.15, -0.1) is 0 Å². The first kappa shape index (κ1) is 19.5. The van der Waals surface area contributed by atoms with Crippen LogP contribution < -0.4 is 0 Å². The van der Waals surface area contributed by atoms with Gasteiger partial charge in [-0.1, -0.05) is 12.1 Å². The normalized spacial score (nSPS) is 16.7. The van der Waals surface area contributed by atoms with Crippen LogP contribution >= 0.6 is 0 Å². The molecule has 0 aliphatic carbocycles. The van der Waals surface area contributed by atoms with Crippen LogP contribution in [0.3, 0.4) is 0 Å². The zero-order chi connectivity index (χ0) is 21.4. The molecule has 1 saturated heterocycles. The number of piperidine rings is 1. The van der Waals surface area contributed by atoms with Crippen molar-refractivity contribution in [1.82, 2.24) is 23.8 Å². The highest BCUT2D eigenvalue weighted by Gasteiger charge is 2.26. The molecule has 1 aliphatic rings. The highest BCUT2D eigenvalue weighted by Crippen LogP contribution is 2.28. The van der Waals surface area contributed by atoms with Crippen molar-refractivity contribution in [3.8, 4) is 11.4 Å². The molecular formula is C24H25N5O2. The van der Waals surface area contributed by atoms with Gasteiger partial charge in [0.05, 0.1) is 29.4 Å². The summed E-state index contributed by atoms with van der Waals surface area (Å²) in [6.45, 7) is 3.73. The van der Waals surface area contributed by atoms with E-state index in [0.29, 0.717) is 25.2 Å². The van der Waals surface area contributed by atoms with Gasteiger partial charge in [0.1, 0.15) is 11.5 Å². The van der Waals surface area contributed by atoms with Crippen LogP contribution in [-0.2, 0) is 6.54 Å². The van der Waals surface area contributed by atoms with E-state index in [1.165, 1.54) is 0 Å². The third-order valence-electron chi connectivity index (χ3n) is 5.90. The Morgan fingerprint density at radius 2 is 2.16 bits per heavy atom. The molecular weight excluding hydrogens is 390 g/mol. The van der Waals surface area contributed by atoms with Gasteiger partial charge in [-0.3, -0.25) is 9.78 Å². The molecule has 0 bridgehead atoms. The van der Waals surface area contributed by atoms with Gasteiger partial charge >= 0.3 is 0 Å². The van der Waals surface area contributed by atoms with E-state index >= 15 is 0 Å². The molecule has 1 aliphatic heterocycles. The van der Waals surface area contributed by atoms with Crippen LogP contribution in [0, 0.1) is 6.92 Å². The first-order chi connectivity index (χ1) is 15.1. The first-order valence-corrected chi connectivity index (χ1v) is 10.6. The van der Waals surface area contributed by atoms with Gasteiger partial charge in [0.2, 0.25) is 0 Å². The van der Waals surface area contributed by atoms with Crippen molar-refractivity contribution in [2.45, 2.75) is 32.4 Å². The second kappa shape index (κ2) is 8.00. The minimum Gasteiger partial charge on any atom is -0.391 e. The summed E-state index contributed by atoms with van der Waals surface area (Å²) < 4.78 is 4.11. The van der Waals surface area contributed by atoms with Crippen LogP contribution in [0.5, 0.6) is 0 Å². The smallest absolute Gasteiger partial charge is 0.256 e. The maximum absolute atomic E-state index is 13.3. The molecule has 5 heterocycles. The van der Waals surface area contributed by atoms with Gasteiger partial charge in [-0.2, -0.15) is 0 Å². The lowest BCUT2D eigenvalue weighted by atomic mass is 10.1. The van der Waals surface area contributed by atoms with Crippen molar-refractivity contribution < 1.29 is 9.90 Å². The summed E-state index contributed by atoms with van der Waals surface area (Å²) in [6, 6.07) is 11.7. The molecule has 0 spiro atoms. The highest BCUT2D eigenvalue weighted by atomic mass is 16.3. The molecule has 0 unspecified atom stereocenters. The Hall–Kier alpha value is -3.45. The number of aromatic nitrogens is 4. The predicted octanol–water partition coefficient (Wildman–Crippen LogP) is 3.15. The summed E-state index contributed by atoms with van der Waals surface area (Å²) in [5.41, 5.74) is 4.30. The fourth-order valence-electron chi connectivity index (χ4n) is 4.31. The zero-order valence-corrected chi connectivity index (χ0v) is 17.5. The molecule has 4 aromatic heterocycles. The summed E-state index contributed by atoms with van der Waals surface area (Å²) in [6.07, 6.45) is 8.73. The lowest BCUT2D eigenvalue weighted by Crippen LogP contribution is -2.42. The van der Waals surface area contributed by atoms with Crippen molar-refractivity contribution in [3.05, 3.63) is 78.1 Å². The van der Waals surface area contributed by atoms with Crippen LogP contribution in [0.4, 0.5) is 0 Å². The molecule has 0 radical (unpaired) electrons. The number of amides is 1. The third-order valence-corrected chi connectivity index (χ3v) is 5.90. The van der Waals surface area contributed by atoms with Crippen LogP contribution in [-0.4, -0.2) is 54.0 Å².